The van der Waals surface area contributed by atoms with Gasteiger partial charge in [-0.25, -0.2) is 4.79 Å². The highest BCUT2D eigenvalue weighted by molar-refractivity contribution is 5.89. The predicted octanol–water partition coefficient (Wildman–Crippen LogP) is 3.76. The zero-order valence-corrected chi connectivity index (χ0v) is 15.2. The summed E-state index contributed by atoms with van der Waals surface area (Å²) >= 11 is 0. The molecule has 2 aromatic heterocycles. The first kappa shape index (κ1) is 17.6. The third-order valence-electron chi connectivity index (χ3n) is 3.99. The van der Waals surface area contributed by atoms with Gasteiger partial charge in [0, 0.05) is 18.1 Å². The van der Waals surface area contributed by atoms with Crippen LogP contribution in [0.25, 0.3) is 22.9 Å². The largest absolute Gasteiger partial charge is 0.452 e. The third-order valence-corrected chi connectivity index (χ3v) is 3.99. The lowest BCUT2D eigenvalue weighted by molar-refractivity contribution is 0.0437. The minimum absolute atomic E-state index is 0.0784. The van der Waals surface area contributed by atoms with Crippen molar-refractivity contribution in [1.82, 2.24) is 20.4 Å². The van der Waals surface area contributed by atoms with E-state index in [4.69, 9.17) is 13.6 Å². The van der Waals surface area contributed by atoms with Gasteiger partial charge < -0.3 is 13.6 Å². The maximum absolute atomic E-state index is 12.1. The van der Waals surface area contributed by atoms with E-state index in [1.807, 2.05) is 31.2 Å². The van der Waals surface area contributed by atoms with Gasteiger partial charge in [0.1, 0.15) is 0 Å². The molecular formula is C20H16N4O4. The molecule has 0 radical (unpaired) electrons. The highest BCUT2D eigenvalue weighted by Gasteiger charge is 2.13. The van der Waals surface area contributed by atoms with Crippen molar-refractivity contribution in [1.29, 1.82) is 0 Å². The Labute approximate surface area is 160 Å². The molecule has 0 saturated carbocycles. The monoisotopic (exact) mass is 376 g/mol. The first-order valence-electron chi connectivity index (χ1n) is 8.55. The van der Waals surface area contributed by atoms with Crippen LogP contribution in [0.5, 0.6) is 0 Å². The fraction of sp³-hybridized carbons (Fsp3) is 0.150. The molecule has 0 unspecified atom stereocenters. The van der Waals surface area contributed by atoms with Crippen molar-refractivity contribution in [3.63, 3.8) is 0 Å². The van der Waals surface area contributed by atoms with Crippen LogP contribution in [0.15, 0.2) is 57.4 Å². The topological polar surface area (TPSA) is 104 Å². The molecule has 4 aromatic rings. The van der Waals surface area contributed by atoms with E-state index in [2.05, 4.69) is 20.4 Å². The third kappa shape index (κ3) is 3.80. The fourth-order valence-electron chi connectivity index (χ4n) is 2.51. The number of esters is 1. The normalized spacial score (nSPS) is 10.8. The van der Waals surface area contributed by atoms with Crippen LogP contribution in [-0.4, -0.2) is 26.4 Å². The molecular weight excluding hydrogens is 360 g/mol. The molecule has 0 N–H and O–H groups in total. The second-order valence-corrected chi connectivity index (χ2v) is 6.15. The van der Waals surface area contributed by atoms with Crippen LogP contribution in [0.1, 0.15) is 27.7 Å². The van der Waals surface area contributed by atoms with Crippen LogP contribution in [0.3, 0.4) is 0 Å². The lowest BCUT2D eigenvalue weighted by Gasteiger charge is -2.02. The van der Waals surface area contributed by atoms with Crippen LogP contribution in [0, 0.1) is 13.8 Å². The smallest absolute Gasteiger partial charge is 0.338 e. The van der Waals surface area contributed by atoms with Gasteiger partial charge in [0.05, 0.1) is 5.56 Å². The Kier molecular flexibility index (Phi) is 4.67. The molecule has 0 aliphatic carbocycles. The van der Waals surface area contributed by atoms with E-state index in [1.54, 1.807) is 31.2 Å². The van der Waals surface area contributed by atoms with Gasteiger partial charge in [-0.3, -0.25) is 0 Å². The molecule has 0 spiro atoms. The van der Waals surface area contributed by atoms with Crippen LogP contribution in [0.4, 0.5) is 0 Å². The second-order valence-electron chi connectivity index (χ2n) is 6.15. The number of aryl methyl sites for hydroxylation is 2. The van der Waals surface area contributed by atoms with Gasteiger partial charge in [-0.05, 0) is 43.3 Å². The Balaban J connectivity index is 1.44. The summed E-state index contributed by atoms with van der Waals surface area (Å²) < 4.78 is 16.1. The molecule has 140 valence electrons. The molecule has 8 nitrogen and oxygen atoms in total. The van der Waals surface area contributed by atoms with Gasteiger partial charge in [-0.1, -0.05) is 17.7 Å². The SMILES string of the molecule is Cc1ccc(-c2nnc(-c3ccc(C(=O)OCc4nnc(C)o4)cc3)o2)cc1. The molecule has 0 atom stereocenters. The molecule has 2 aromatic carbocycles. The minimum Gasteiger partial charge on any atom is -0.452 e. The quantitative estimate of drug-likeness (QED) is 0.485. The predicted molar refractivity (Wildman–Crippen MR) is 98.1 cm³/mol. The van der Waals surface area contributed by atoms with Crippen molar-refractivity contribution in [2.45, 2.75) is 20.5 Å². The number of ether oxygens (including phenoxy) is 1. The Morgan fingerprint density at radius 2 is 1.43 bits per heavy atom. The summed E-state index contributed by atoms with van der Waals surface area (Å²) in [6, 6.07) is 14.5. The summed E-state index contributed by atoms with van der Waals surface area (Å²) in [6.45, 7) is 3.60. The van der Waals surface area contributed by atoms with Crippen molar-refractivity contribution in [2.24, 2.45) is 0 Å². The average molecular weight is 376 g/mol. The van der Waals surface area contributed by atoms with Gasteiger partial charge in [0.2, 0.25) is 17.7 Å². The van der Waals surface area contributed by atoms with Crippen molar-refractivity contribution in [2.75, 3.05) is 0 Å². The van der Waals surface area contributed by atoms with Crippen molar-refractivity contribution in [3.05, 3.63) is 71.4 Å². The number of carbonyl (C=O) groups is 1. The summed E-state index contributed by atoms with van der Waals surface area (Å²) in [7, 11) is 0. The summed E-state index contributed by atoms with van der Waals surface area (Å²) in [6.07, 6.45) is 0. The molecule has 0 bridgehead atoms. The maximum Gasteiger partial charge on any atom is 0.338 e. The van der Waals surface area contributed by atoms with E-state index in [0.29, 0.717) is 28.8 Å². The molecule has 0 aliphatic heterocycles. The average Bonchev–Trinajstić information content (AvgIpc) is 3.36. The van der Waals surface area contributed by atoms with Gasteiger partial charge in [0.15, 0.2) is 6.61 Å². The van der Waals surface area contributed by atoms with Crippen molar-refractivity contribution >= 4 is 5.97 Å². The van der Waals surface area contributed by atoms with E-state index < -0.39 is 5.97 Å². The van der Waals surface area contributed by atoms with E-state index in [9.17, 15) is 4.79 Å². The zero-order chi connectivity index (χ0) is 19.5. The van der Waals surface area contributed by atoms with E-state index in [-0.39, 0.29) is 12.5 Å². The maximum atomic E-state index is 12.1. The van der Waals surface area contributed by atoms with Crippen LogP contribution in [-0.2, 0) is 11.3 Å². The summed E-state index contributed by atoms with van der Waals surface area (Å²) in [5, 5.41) is 15.6. The Morgan fingerprint density at radius 3 is 2.00 bits per heavy atom. The summed E-state index contributed by atoms with van der Waals surface area (Å²) in [5.41, 5.74) is 3.09. The first-order chi connectivity index (χ1) is 13.6. The Bertz CT molecular complexity index is 1100. The number of hydrogen-bond donors (Lipinski definition) is 0. The molecule has 8 heteroatoms. The van der Waals surface area contributed by atoms with Crippen LogP contribution >= 0.6 is 0 Å². The first-order valence-corrected chi connectivity index (χ1v) is 8.55. The van der Waals surface area contributed by atoms with Gasteiger partial charge >= 0.3 is 5.97 Å². The molecule has 4 rings (SSSR count). The van der Waals surface area contributed by atoms with E-state index >= 15 is 0 Å². The standard InChI is InChI=1S/C20H16N4O4/c1-12-3-5-14(6-4-12)18-23-24-19(28-18)15-7-9-16(10-8-15)20(25)26-11-17-22-21-13(2)27-17/h3-10H,11H2,1-2H3. The number of benzene rings is 2. The minimum atomic E-state index is -0.492. The molecule has 28 heavy (non-hydrogen) atoms. The highest BCUT2D eigenvalue weighted by Crippen LogP contribution is 2.24. The number of aromatic nitrogens is 4. The van der Waals surface area contributed by atoms with E-state index in [1.165, 1.54) is 0 Å². The number of rotatable bonds is 5. The molecule has 0 saturated heterocycles. The van der Waals surface area contributed by atoms with Gasteiger partial charge in [0.25, 0.3) is 5.89 Å². The molecule has 2 heterocycles. The molecule has 0 aliphatic rings. The Morgan fingerprint density at radius 1 is 0.821 bits per heavy atom. The highest BCUT2D eigenvalue weighted by atomic mass is 16.5. The van der Waals surface area contributed by atoms with Crippen molar-refractivity contribution < 1.29 is 18.4 Å². The number of hydrogen-bond acceptors (Lipinski definition) is 8. The lowest BCUT2D eigenvalue weighted by Crippen LogP contribution is -2.05. The number of nitrogens with zero attached hydrogens (tertiary/aromatic N) is 4. The van der Waals surface area contributed by atoms with Crippen LogP contribution < -0.4 is 0 Å². The van der Waals surface area contributed by atoms with Crippen LogP contribution in [0.2, 0.25) is 0 Å². The lowest BCUT2D eigenvalue weighted by atomic mass is 10.1. The summed E-state index contributed by atoms with van der Waals surface area (Å²) in [5.74, 6) is 0.982. The summed E-state index contributed by atoms with van der Waals surface area (Å²) in [4.78, 5) is 12.1. The van der Waals surface area contributed by atoms with E-state index in [0.717, 1.165) is 11.1 Å². The zero-order valence-electron chi connectivity index (χ0n) is 15.2. The molecule has 0 fully saturated rings. The van der Waals surface area contributed by atoms with Gasteiger partial charge in [-0.15, -0.1) is 20.4 Å². The number of carbonyl (C=O) groups excluding carboxylic acids is 1. The molecule has 0 amide bonds. The van der Waals surface area contributed by atoms with Gasteiger partial charge in [-0.2, -0.15) is 0 Å². The van der Waals surface area contributed by atoms with Crippen molar-refractivity contribution in [3.8, 4) is 22.9 Å². The second kappa shape index (κ2) is 7.43. The Hall–Kier alpha value is -3.81. The fourth-order valence-corrected chi connectivity index (χ4v) is 2.51.